The van der Waals surface area contributed by atoms with Gasteiger partial charge in [0.25, 0.3) is 0 Å². The zero-order chi connectivity index (χ0) is 12.8. The summed E-state index contributed by atoms with van der Waals surface area (Å²) in [5.41, 5.74) is 0.772. The Morgan fingerprint density at radius 1 is 1.29 bits per heavy atom. The first-order chi connectivity index (χ1) is 8.15. The maximum Gasteiger partial charge on any atom is 0.224 e. The molecule has 1 rings (SSSR count). The van der Waals surface area contributed by atoms with Gasteiger partial charge in [-0.3, -0.25) is 9.59 Å². The van der Waals surface area contributed by atoms with Crippen LogP contribution in [-0.2, 0) is 4.79 Å². The molecule has 0 saturated heterocycles. The van der Waals surface area contributed by atoms with Crippen molar-refractivity contribution in [2.75, 3.05) is 19.5 Å². The van der Waals surface area contributed by atoms with E-state index >= 15 is 0 Å². The van der Waals surface area contributed by atoms with Crippen LogP contribution in [0.25, 0.3) is 0 Å². The third-order valence-electron chi connectivity index (χ3n) is 2.28. The Morgan fingerprint density at radius 3 is 2.35 bits per heavy atom. The van der Waals surface area contributed by atoms with Gasteiger partial charge in [0.1, 0.15) is 0 Å². The number of methoxy groups -OCH3 is 2. The Kier molecular flexibility index (Phi) is 4.51. The predicted molar refractivity (Wildman–Crippen MR) is 63.9 cm³/mol. The first-order valence-corrected chi connectivity index (χ1v) is 5.17. The molecule has 1 aromatic carbocycles. The Hall–Kier alpha value is -2.04. The highest BCUT2D eigenvalue weighted by Gasteiger charge is 2.12. The topological polar surface area (TPSA) is 64.6 Å². The van der Waals surface area contributed by atoms with Crippen LogP contribution >= 0.6 is 0 Å². The monoisotopic (exact) mass is 237 g/mol. The molecule has 1 N–H and O–H groups in total. The molecule has 17 heavy (non-hydrogen) atoms. The molecular formula is C12H15NO4. The molecule has 0 heterocycles. The van der Waals surface area contributed by atoms with Crippen LogP contribution in [0.15, 0.2) is 12.1 Å². The van der Waals surface area contributed by atoms with Gasteiger partial charge in [-0.2, -0.15) is 0 Å². The van der Waals surface area contributed by atoms with Crippen LogP contribution in [0.5, 0.6) is 11.5 Å². The van der Waals surface area contributed by atoms with Crippen molar-refractivity contribution in [2.24, 2.45) is 0 Å². The molecular weight excluding hydrogens is 222 g/mol. The second kappa shape index (κ2) is 5.89. The largest absolute Gasteiger partial charge is 0.493 e. The van der Waals surface area contributed by atoms with Gasteiger partial charge in [0.2, 0.25) is 5.91 Å². The Bertz CT molecular complexity index is 429. The van der Waals surface area contributed by atoms with Gasteiger partial charge in [0.15, 0.2) is 17.8 Å². The molecule has 0 atom stereocenters. The van der Waals surface area contributed by atoms with Gasteiger partial charge < -0.3 is 14.8 Å². The van der Waals surface area contributed by atoms with Crippen LogP contribution < -0.4 is 14.8 Å². The molecule has 1 amide bonds. The number of ether oxygens (including phenoxy) is 2. The van der Waals surface area contributed by atoms with E-state index in [2.05, 4.69) is 5.32 Å². The fourth-order valence-corrected chi connectivity index (χ4v) is 1.34. The number of benzene rings is 1. The van der Waals surface area contributed by atoms with Crippen LogP contribution in [-0.4, -0.2) is 26.4 Å². The van der Waals surface area contributed by atoms with Crippen LogP contribution in [0.2, 0.25) is 0 Å². The third kappa shape index (κ3) is 2.96. The fourth-order valence-electron chi connectivity index (χ4n) is 1.34. The number of carbonyl (C=O) groups is 2. The lowest BCUT2D eigenvalue weighted by Crippen LogP contribution is -2.11. The zero-order valence-electron chi connectivity index (χ0n) is 10.1. The van der Waals surface area contributed by atoms with Gasteiger partial charge >= 0.3 is 0 Å². The summed E-state index contributed by atoms with van der Waals surface area (Å²) in [4.78, 5) is 22.2. The van der Waals surface area contributed by atoms with Crippen molar-refractivity contribution in [3.05, 3.63) is 17.7 Å². The molecule has 0 aliphatic rings. The van der Waals surface area contributed by atoms with Crippen molar-refractivity contribution >= 4 is 17.9 Å². The highest BCUT2D eigenvalue weighted by Crippen LogP contribution is 2.32. The summed E-state index contributed by atoms with van der Waals surface area (Å²) in [6.45, 7) is 1.73. The highest BCUT2D eigenvalue weighted by atomic mass is 16.5. The van der Waals surface area contributed by atoms with Gasteiger partial charge in [-0.15, -0.1) is 0 Å². The zero-order valence-corrected chi connectivity index (χ0v) is 10.1. The summed E-state index contributed by atoms with van der Waals surface area (Å²) in [5.74, 6) is 0.744. The summed E-state index contributed by atoms with van der Waals surface area (Å²) < 4.78 is 10.2. The van der Waals surface area contributed by atoms with Crippen molar-refractivity contribution in [3.8, 4) is 11.5 Å². The smallest absolute Gasteiger partial charge is 0.224 e. The Balaban J connectivity index is 3.18. The number of hydrogen-bond acceptors (Lipinski definition) is 4. The van der Waals surface area contributed by atoms with Gasteiger partial charge in [-0.1, -0.05) is 6.92 Å². The minimum atomic E-state index is -0.166. The number of amides is 1. The molecule has 92 valence electrons. The summed E-state index contributed by atoms with van der Waals surface area (Å²) in [6, 6.07) is 3.09. The maximum absolute atomic E-state index is 11.3. The van der Waals surface area contributed by atoms with E-state index in [0.29, 0.717) is 35.5 Å². The van der Waals surface area contributed by atoms with E-state index in [1.54, 1.807) is 13.0 Å². The fraction of sp³-hybridized carbons (Fsp3) is 0.333. The number of anilines is 1. The minimum absolute atomic E-state index is 0.166. The van der Waals surface area contributed by atoms with Crippen LogP contribution in [0.1, 0.15) is 23.7 Å². The molecule has 0 unspecified atom stereocenters. The average molecular weight is 237 g/mol. The lowest BCUT2D eigenvalue weighted by Gasteiger charge is -2.12. The van der Waals surface area contributed by atoms with Crippen molar-refractivity contribution in [2.45, 2.75) is 13.3 Å². The van der Waals surface area contributed by atoms with Crippen molar-refractivity contribution < 1.29 is 19.1 Å². The normalized spacial score (nSPS) is 9.59. The van der Waals surface area contributed by atoms with Gasteiger partial charge in [-0.25, -0.2) is 0 Å². The minimum Gasteiger partial charge on any atom is -0.493 e. The lowest BCUT2D eigenvalue weighted by atomic mass is 10.1. The standard InChI is InChI=1S/C12H15NO4/c1-4-12(15)13-9-6-11(17-3)10(16-2)5-8(9)7-14/h5-7H,4H2,1-3H3,(H,13,15). The SMILES string of the molecule is CCC(=O)Nc1cc(OC)c(OC)cc1C=O. The molecule has 1 aromatic rings. The van der Waals surface area contributed by atoms with Crippen molar-refractivity contribution in [1.29, 1.82) is 0 Å². The van der Waals surface area contributed by atoms with E-state index in [4.69, 9.17) is 9.47 Å². The van der Waals surface area contributed by atoms with Crippen LogP contribution in [0.4, 0.5) is 5.69 Å². The molecule has 0 bridgehead atoms. The molecule has 0 aliphatic carbocycles. The number of rotatable bonds is 5. The second-order valence-electron chi connectivity index (χ2n) is 3.31. The van der Waals surface area contributed by atoms with Gasteiger partial charge in [0.05, 0.1) is 19.9 Å². The lowest BCUT2D eigenvalue weighted by molar-refractivity contribution is -0.115. The number of carbonyl (C=O) groups excluding carboxylic acids is 2. The van der Waals surface area contributed by atoms with E-state index in [-0.39, 0.29) is 5.91 Å². The van der Waals surface area contributed by atoms with Gasteiger partial charge in [-0.05, 0) is 6.07 Å². The van der Waals surface area contributed by atoms with Crippen molar-refractivity contribution in [1.82, 2.24) is 0 Å². The van der Waals surface area contributed by atoms with E-state index < -0.39 is 0 Å². The van der Waals surface area contributed by atoms with Crippen LogP contribution in [0, 0.1) is 0 Å². The van der Waals surface area contributed by atoms with Crippen molar-refractivity contribution in [3.63, 3.8) is 0 Å². The maximum atomic E-state index is 11.3. The summed E-state index contributed by atoms with van der Waals surface area (Å²) in [5, 5.41) is 2.63. The van der Waals surface area contributed by atoms with E-state index in [9.17, 15) is 9.59 Å². The summed E-state index contributed by atoms with van der Waals surface area (Å²) in [7, 11) is 2.97. The molecule has 0 saturated carbocycles. The quantitative estimate of drug-likeness (QED) is 0.794. The molecule has 0 fully saturated rings. The molecule has 0 radical (unpaired) electrons. The first kappa shape index (κ1) is 13.0. The number of hydrogen-bond donors (Lipinski definition) is 1. The summed E-state index contributed by atoms with van der Waals surface area (Å²) >= 11 is 0. The number of nitrogens with one attached hydrogen (secondary N) is 1. The number of aldehydes is 1. The molecule has 0 aromatic heterocycles. The van der Waals surface area contributed by atoms with E-state index in [1.807, 2.05) is 0 Å². The Morgan fingerprint density at radius 2 is 1.88 bits per heavy atom. The van der Waals surface area contributed by atoms with E-state index in [0.717, 1.165) is 0 Å². The Labute approximate surface area is 99.7 Å². The van der Waals surface area contributed by atoms with Crippen LogP contribution in [0.3, 0.4) is 0 Å². The molecule has 5 heteroatoms. The predicted octanol–water partition coefficient (Wildman–Crippen LogP) is 1.86. The molecule has 5 nitrogen and oxygen atoms in total. The summed E-state index contributed by atoms with van der Waals surface area (Å²) in [6.07, 6.45) is 1.000. The second-order valence-corrected chi connectivity index (χ2v) is 3.31. The molecule has 0 aliphatic heterocycles. The van der Waals surface area contributed by atoms with E-state index in [1.165, 1.54) is 20.3 Å². The highest BCUT2D eigenvalue weighted by molar-refractivity contribution is 5.97. The van der Waals surface area contributed by atoms with Gasteiger partial charge in [0, 0.05) is 18.1 Å². The average Bonchev–Trinajstić information content (AvgIpc) is 2.37. The first-order valence-electron chi connectivity index (χ1n) is 5.17. The third-order valence-corrected chi connectivity index (χ3v) is 2.28. The molecule has 0 spiro atoms.